The Balaban J connectivity index is 2.90. The number of hydrogen-bond acceptors (Lipinski definition) is 3. The van der Waals surface area contributed by atoms with Gasteiger partial charge < -0.3 is 5.73 Å². The molecule has 0 spiro atoms. The first-order valence-electron chi connectivity index (χ1n) is 4.46. The minimum absolute atomic E-state index is 0.745. The van der Waals surface area contributed by atoms with Crippen LogP contribution in [0.15, 0.2) is 17.5 Å². The van der Waals surface area contributed by atoms with Gasteiger partial charge in [0, 0.05) is 21.2 Å². The van der Waals surface area contributed by atoms with Crippen molar-refractivity contribution in [1.82, 2.24) is 0 Å². The summed E-state index contributed by atoms with van der Waals surface area (Å²) < 4.78 is 1.15. The van der Waals surface area contributed by atoms with Crippen LogP contribution in [0.1, 0.15) is 18.1 Å². The normalized spacial score (nSPS) is 10.3. The lowest BCUT2D eigenvalue weighted by molar-refractivity contribution is 1.16. The molecule has 2 aromatic rings. The minimum atomic E-state index is 0.745. The first-order valence-corrected chi connectivity index (χ1v) is 5.34. The first kappa shape index (κ1) is 9.04. The summed E-state index contributed by atoms with van der Waals surface area (Å²) in [6, 6.07) is 6.10. The van der Waals surface area contributed by atoms with Gasteiger partial charge in [-0.2, -0.15) is 5.26 Å². The summed E-state index contributed by atoms with van der Waals surface area (Å²) in [5.41, 5.74) is 8.50. The van der Waals surface area contributed by atoms with Gasteiger partial charge in [0.05, 0.1) is 5.56 Å². The van der Waals surface area contributed by atoms with Crippen LogP contribution >= 0.6 is 11.3 Å². The summed E-state index contributed by atoms with van der Waals surface area (Å²) in [7, 11) is 0. The van der Waals surface area contributed by atoms with E-state index < -0.39 is 0 Å². The number of aryl methyl sites for hydroxylation is 1. The lowest BCUT2D eigenvalue weighted by atomic mass is 10.0. The number of thiophene rings is 1. The summed E-state index contributed by atoms with van der Waals surface area (Å²) in [4.78, 5) is 0. The van der Waals surface area contributed by atoms with Gasteiger partial charge in [-0.3, -0.25) is 0 Å². The molecule has 0 unspecified atom stereocenters. The Morgan fingerprint density at radius 1 is 1.50 bits per heavy atom. The zero-order valence-electron chi connectivity index (χ0n) is 7.87. The van der Waals surface area contributed by atoms with Gasteiger partial charge in [0.25, 0.3) is 0 Å². The quantitative estimate of drug-likeness (QED) is 0.723. The molecule has 0 amide bonds. The number of nitrogens with two attached hydrogens (primary N) is 1. The first-order chi connectivity index (χ1) is 6.77. The number of anilines is 1. The maximum Gasteiger partial charge on any atom is 0.101 e. The molecule has 14 heavy (non-hydrogen) atoms. The van der Waals surface area contributed by atoms with Gasteiger partial charge in [-0.15, -0.1) is 11.3 Å². The second-order valence-corrected chi connectivity index (χ2v) is 4.03. The van der Waals surface area contributed by atoms with Crippen molar-refractivity contribution in [3.63, 3.8) is 0 Å². The Morgan fingerprint density at radius 2 is 2.29 bits per heavy atom. The van der Waals surface area contributed by atoms with Gasteiger partial charge in [0.15, 0.2) is 0 Å². The molecule has 0 saturated heterocycles. The Labute approximate surface area is 86.6 Å². The summed E-state index contributed by atoms with van der Waals surface area (Å²) >= 11 is 1.60. The number of rotatable bonds is 1. The van der Waals surface area contributed by atoms with E-state index in [1.165, 1.54) is 0 Å². The number of nitriles is 1. The third kappa shape index (κ3) is 1.16. The van der Waals surface area contributed by atoms with Crippen molar-refractivity contribution in [2.45, 2.75) is 13.3 Å². The van der Waals surface area contributed by atoms with Crippen molar-refractivity contribution in [2.24, 2.45) is 0 Å². The highest BCUT2D eigenvalue weighted by atomic mass is 32.1. The fourth-order valence-corrected chi connectivity index (χ4v) is 2.59. The van der Waals surface area contributed by atoms with Crippen molar-refractivity contribution in [2.75, 3.05) is 5.73 Å². The summed E-state index contributed by atoms with van der Waals surface area (Å²) in [6.07, 6.45) is 0.870. The van der Waals surface area contributed by atoms with Crippen LogP contribution in [0.5, 0.6) is 0 Å². The highest BCUT2D eigenvalue weighted by molar-refractivity contribution is 7.17. The maximum atomic E-state index is 8.95. The van der Waals surface area contributed by atoms with Crippen molar-refractivity contribution >= 4 is 27.1 Å². The predicted octanol–water partition coefficient (Wildman–Crippen LogP) is 2.92. The van der Waals surface area contributed by atoms with Crippen molar-refractivity contribution < 1.29 is 0 Å². The lowest BCUT2D eigenvalue weighted by Gasteiger charge is -2.04. The molecule has 0 radical (unpaired) electrons. The molecule has 1 aromatic carbocycles. The maximum absolute atomic E-state index is 8.95. The van der Waals surface area contributed by atoms with Gasteiger partial charge in [0.2, 0.25) is 0 Å². The van der Waals surface area contributed by atoms with Crippen LogP contribution in [-0.2, 0) is 6.42 Å². The van der Waals surface area contributed by atoms with Crippen LogP contribution < -0.4 is 5.73 Å². The molecule has 1 aromatic heterocycles. The van der Waals surface area contributed by atoms with Crippen LogP contribution in [0.25, 0.3) is 10.1 Å². The lowest BCUT2D eigenvalue weighted by Crippen LogP contribution is -1.93. The number of nitrogens with zero attached hydrogens (tertiary/aromatic N) is 1. The highest BCUT2D eigenvalue weighted by Crippen LogP contribution is 2.32. The van der Waals surface area contributed by atoms with Gasteiger partial charge in [0.1, 0.15) is 6.07 Å². The van der Waals surface area contributed by atoms with Crippen molar-refractivity contribution in [3.05, 3.63) is 28.6 Å². The fraction of sp³-hybridized carbons (Fsp3) is 0.182. The molecule has 3 heteroatoms. The van der Waals surface area contributed by atoms with E-state index in [9.17, 15) is 0 Å². The molecule has 0 saturated carbocycles. The molecular weight excluding hydrogens is 192 g/mol. The molecule has 0 aliphatic heterocycles. The molecule has 2 rings (SSSR count). The molecular formula is C11H10N2S. The SMILES string of the molecule is CCc1c(N)ccc2scc(C#N)c12. The number of nitrogen functional groups attached to an aromatic ring is 1. The van der Waals surface area contributed by atoms with E-state index in [0.29, 0.717) is 0 Å². The molecule has 2 N–H and O–H groups in total. The van der Waals surface area contributed by atoms with E-state index >= 15 is 0 Å². The zero-order chi connectivity index (χ0) is 10.1. The molecule has 0 bridgehead atoms. The van der Waals surface area contributed by atoms with Crippen LogP contribution in [-0.4, -0.2) is 0 Å². The monoisotopic (exact) mass is 202 g/mol. The van der Waals surface area contributed by atoms with Crippen LogP contribution in [0.4, 0.5) is 5.69 Å². The van der Waals surface area contributed by atoms with E-state index in [2.05, 4.69) is 13.0 Å². The van der Waals surface area contributed by atoms with E-state index in [-0.39, 0.29) is 0 Å². The van der Waals surface area contributed by atoms with Crippen LogP contribution in [0.2, 0.25) is 0 Å². The topological polar surface area (TPSA) is 49.8 Å². The van der Waals surface area contributed by atoms with Crippen molar-refractivity contribution in [1.29, 1.82) is 5.26 Å². The molecule has 0 aliphatic carbocycles. The van der Waals surface area contributed by atoms with Gasteiger partial charge in [-0.25, -0.2) is 0 Å². The van der Waals surface area contributed by atoms with E-state index in [4.69, 9.17) is 11.0 Å². The molecule has 1 heterocycles. The summed E-state index contributed by atoms with van der Waals surface area (Å²) in [5.74, 6) is 0. The number of fused-ring (bicyclic) bond motifs is 1. The molecule has 0 atom stereocenters. The van der Waals surface area contributed by atoms with Gasteiger partial charge in [-0.05, 0) is 24.1 Å². The fourth-order valence-electron chi connectivity index (χ4n) is 1.68. The average Bonchev–Trinajstić information content (AvgIpc) is 2.61. The summed E-state index contributed by atoms with van der Waals surface area (Å²) in [5, 5.41) is 11.9. The van der Waals surface area contributed by atoms with E-state index in [1.54, 1.807) is 11.3 Å². The van der Waals surface area contributed by atoms with Crippen molar-refractivity contribution in [3.8, 4) is 6.07 Å². The van der Waals surface area contributed by atoms with E-state index in [0.717, 1.165) is 33.3 Å². The van der Waals surface area contributed by atoms with Crippen LogP contribution in [0, 0.1) is 11.3 Å². The van der Waals surface area contributed by atoms with Crippen LogP contribution in [0.3, 0.4) is 0 Å². The zero-order valence-corrected chi connectivity index (χ0v) is 8.69. The molecule has 0 aliphatic rings. The minimum Gasteiger partial charge on any atom is -0.398 e. The molecule has 0 fully saturated rings. The smallest absolute Gasteiger partial charge is 0.101 e. The highest BCUT2D eigenvalue weighted by Gasteiger charge is 2.09. The number of benzene rings is 1. The van der Waals surface area contributed by atoms with E-state index in [1.807, 2.05) is 17.5 Å². The third-order valence-corrected chi connectivity index (χ3v) is 3.31. The predicted molar refractivity (Wildman–Crippen MR) is 60.3 cm³/mol. The summed E-state index contributed by atoms with van der Waals surface area (Å²) in [6.45, 7) is 2.06. The van der Waals surface area contributed by atoms with Gasteiger partial charge in [-0.1, -0.05) is 6.92 Å². The van der Waals surface area contributed by atoms with Gasteiger partial charge >= 0.3 is 0 Å². The largest absolute Gasteiger partial charge is 0.398 e. The average molecular weight is 202 g/mol. The second-order valence-electron chi connectivity index (χ2n) is 3.12. The Kier molecular flexibility index (Phi) is 2.14. The Morgan fingerprint density at radius 3 is 2.93 bits per heavy atom. The standard InChI is InChI=1S/C11H10N2S/c1-2-8-9(13)3-4-10-11(8)7(5-12)6-14-10/h3-4,6H,2,13H2,1H3. The Hall–Kier alpha value is -1.53. The molecule has 70 valence electrons. The Bertz CT molecular complexity index is 520. The third-order valence-electron chi connectivity index (χ3n) is 2.36. The number of hydrogen-bond donors (Lipinski definition) is 1. The molecule has 2 nitrogen and oxygen atoms in total. The second kappa shape index (κ2) is 3.32.